The van der Waals surface area contributed by atoms with E-state index in [4.69, 9.17) is 14.5 Å². The summed E-state index contributed by atoms with van der Waals surface area (Å²) in [6.07, 6.45) is 4.45. The molecule has 3 rings (SSSR count). The van der Waals surface area contributed by atoms with Gasteiger partial charge in [0.1, 0.15) is 17.3 Å². The minimum absolute atomic E-state index is 0.0192. The van der Waals surface area contributed by atoms with Crippen molar-refractivity contribution in [3.05, 3.63) is 52.0 Å². The maximum absolute atomic E-state index is 14.4. The molecule has 0 aliphatic carbocycles. The van der Waals surface area contributed by atoms with Crippen LogP contribution in [0.25, 0.3) is 0 Å². The Labute approximate surface area is 359 Å². The lowest BCUT2D eigenvalue weighted by atomic mass is 9.82. The fourth-order valence-corrected chi connectivity index (χ4v) is 9.55. The average molecular weight is 838 g/mol. The van der Waals surface area contributed by atoms with E-state index in [1.54, 1.807) is 26.2 Å². The molecule has 0 N–H and O–H groups in total. The van der Waals surface area contributed by atoms with Crippen molar-refractivity contribution in [1.29, 1.82) is 0 Å². The summed E-state index contributed by atoms with van der Waals surface area (Å²) >= 11 is 1.44. The Hall–Kier alpha value is -3.28. The van der Waals surface area contributed by atoms with Gasteiger partial charge in [0.05, 0.1) is 35.7 Å². The first-order valence-corrected chi connectivity index (χ1v) is 23.1. The zero-order valence-corrected chi connectivity index (χ0v) is 39.0. The highest BCUT2D eigenvalue weighted by atomic mass is 32.1. The molecule has 1 fully saturated rings. The Balaban J connectivity index is 1.82. The molecule has 0 spiro atoms. The number of ether oxygens (including phenoxy) is 2. The molecular formula is C48H75N3O7S. The number of thiazole rings is 1. The van der Waals surface area contributed by atoms with Crippen molar-refractivity contribution >= 4 is 40.5 Å². The van der Waals surface area contributed by atoms with Crippen LogP contribution >= 0.6 is 11.3 Å². The van der Waals surface area contributed by atoms with Crippen molar-refractivity contribution in [2.75, 3.05) is 27.8 Å². The summed E-state index contributed by atoms with van der Waals surface area (Å²) in [6, 6.07) is 9.34. The number of likely N-dealkylation sites (tertiary alicyclic amines) is 1. The molecule has 2 amide bonds. The second-order valence-corrected chi connectivity index (χ2v) is 18.7. The second-order valence-electron chi connectivity index (χ2n) is 17.8. The van der Waals surface area contributed by atoms with E-state index in [1.165, 1.54) is 11.3 Å². The van der Waals surface area contributed by atoms with Crippen LogP contribution in [0.3, 0.4) is 0 Å². The summed E-state index contributed by atoms with van der Waals surface area (Å²) < 4.78 is 12.2. The zero-order valence-electron chi connectivity index (χ0n) is 38.2. The third-order valence-electron chi connectivity index (χ3n) is 13.1. The molecule has 2 heterocycles. The van der Waals surface area contributed by atoms with E-state index < -0.39 is 30.1 Å². The molecule has 0 bridgehead atoms. The van der Waals surface area contributed by atoms with E-state index in [1.807, 2.05) is 82.2 Å². The van der Waals surface area contributed by atoms with Gasteiger partial charge in [-0.05, 0) is 49.0 Å². The first-order chi connectivity index (χ1) is 28.0. The Bertz CT molecular complexity index is 1640. The van der Waals surface area contributed by atoms with Crippen LogP contribution in [-0.2, 0) is 35.1 Å². The van der Waals surface area contributed by atoms with E-state index in [-0.39, 0.29) is 84.1 Å². The number of methoxy groups -OCH3 is 2. The molecule has 1 aromatic heterocycles. The summed E-state index contributed by atoms with van der Waals surface area (Å²) in [5.41, 5.74) is 1.56. The van der Waals surface area contributed by atoms with Gasteiger partial charge in [-0.3, -0.25) is 24.0 Å². The fraction of sp³-hybridized carbons (Fsp3) is 0.708. The summed E-state index contributed by atoms with van der Waals surface area (Å²) in [5, 5.41) is 2.60. The molecule has 59 heavy (non-hydrogen) atoms. The molecule has 1 aromatic carbocycles. The smallest absolute Gasteiger partial charge is 0.226 e. The van der Waals surface area contributed by atoms with Crippen molar-refractivity contribution in [3.63, 3.8) is 0 Å². The lowest BCUT2D eigenvalue weighted by Crippen LogP contribution is -2.54. The van der Waals surface area contributed by atoms with Crippen LogP contribution in [0.5, 0.6) is 0 Å². The van der Waals surface area contributed by atoms with Crippen LogP contribution in [0.15, 0.2) is 35.7 Å². The molecule has 11 heteroatoms. The first kappa shape index (κ1) is 50.1. The molecule has 1 saturated heterocycles. The number of hydrogen-bond donors (Lipinski definition) is 0. The molecule has 1 aliphatic rings. The highest BCUT2D eigenvalue weighted by Crippen LogP contribution is 2.34. The van der Waals surface area contributed by atoms with Crippen molar-refractivity contribution in [1.82, 2.24) is 14.8 Å². The molecule has 2 aromatic rings. The number of likely N-dealkylation sites (N-methyl/N-ethyl adjacent to an activating group) is 1. The third-order valence-corrected chi connectivity index (χ3v) is 14.1. The van der Waals surface area contributed by atoms with Gasteiger partial charge in [0.15, 0.2) is 5.78 Å². The summed E-state index contributed by atoms with van der Waals surface area (Å²) in [7, 11) is 5.00. The topological polar surface area (TPSA) is 123 Å². The number of amides is 2. The number of unbranched alkanes of at least 4 members (excludes halogenated alkanes) is 1. The van der Waals surface area contributed by atoms with Gasteiger partial charge in [0, 0.05) is 76.1 Å². The molecule has 330 valence electrons. The molecule has 0 unspecified atom stereocenters. The quantitative estimate of drug-likeness (QED) is 0.0860. The summed E-state index contributed by atoms with van der Waals surface area (Å²) in [6.45, 7) is 18.6. The van der Waals surface area contributed by atoms with Crippen LogP contribution in [0.2, 0.25) is 0 Å². The zero-order chi connectivity index (χ0) is 44.0. The van der Waals surface area contributed by atoms with E-state index in [0.717, 1.165) is 36.3 Å². The van der Waals surface area contributed by atoms with Gasteiger partial charge in [-0.15, -0.1) is 11.3 Å². The van der Waals surface area contributed by atoms with E-state index >= 15 is 0 Å². The normalized spacial score (nSPS) is 18.5. The van der Waals surface area contributed by atoms with Crippen LogP contribution in [0, 0.1) is 35.5 Å². The van der Waals surface area contributed by atoms with Gasteiger partial charge in [-0.25, -0.2) is 4.98 Å². The van der Waals surface area contributed by atoms with E-state index in [9.17, 15) is 24.0 Å². The average Bonchev–Trinajstić information content (AvgIpc) is 3.92. The molecule has 9 atom stereocenters. The molecule has 10 nitrogen and oxygen atoms in total. The van der Waals surface area contributed by atoms with Crippen molar-refractivity contribution in [2.24, 2.45) is 35.5 Å². The number of nitrogens with zero attached hydrogens (tertiary/aromatic N) is 3. The van der Waals surface area contributed by atoms with E-state index in [2.05, 4.69) is 20.8 Å². The third kappa shape index (κ3) is 13.6. The Morgan fingerprint density at radius 2 is 1.54 bits per heavy atom. The Kier molecular flexibility index (Phi) is 20.6. The fourth-order valence-electron chi connectivity index (χ4n) is 8.63. The minimum atomic E-state index is -0.582. The highest BCUT2D eigenvalue weighted by molar-refractivity contribution is 7.10. The predicted molar refractivity (Wildman–Crippen MR) is 237 cm³/mol. The first-order valence-electron chi connectivity index (χ1n) is 22.2. The van der Waals surface area contributed by atoms with Gasteiger partial charge in [-0.2, -0.15) is 0 Å². The van der Waals surface area contributed by atoms with Crippen molar-refractivity contribution < 1.29 is 33.4 Å². The van der Waals surface area contributed by atoms with Crippen LogP contribution < -0.4 is 0 Å². The second kappa shape index (κ2) is 24.2. The maximum Gasteiger partial charge on any atom is 0.226 e. The number of Topliss-reactive ketones (excluding diaryl/α,β-unsaturated/α-hetero) is 3. The Morgan fingerprint density at radius 3 is 2.12 bits per heavy atom. The number of rotatable bonds is 26. The lowest BCUT2D eigenvalue weighted by molar-refractivity contribution is -0.149. The number of aromatic nitrogens is 1. The SMILES string of the molecule is CCCCC(=O)c1csc([C@@H](CC(=O)[C@H](C)[C@@H](OC)[C@@H]2CCCN2C(=O)C[C@@H](OC)[C@H]([C@@H](C)CC)N(C)C(=O)[C@@H](CC(=O)[C@@H](C)C(C)C)C(C)C)Cc2ccccc2)n1. The van der Waals surface area contributed by atoms with Gasteiger partial charge >= 0.3 is 0 Å². The number of carbonyl (C=O) groups excluding carboxylic acids is 5. The standard InChI is InChI=1S/C48H75N3O7S/c1-13-15-23-40(52)38-29-59-47(49-38)36(25-35-20-17-16-18-21-35)26-41(53)34(9)46(58-12)39-22-19-24-51(39)44(55)28-43(57-11)45(32(7)14-2)50(10)48(56)37(31(5)6)27-42(54)33(8)30(3)4/h16-18,20-21,29-34,36-37,39,43,45-46H,13-15,19,22-28H2,1-12H3/t32-,33-,34-,36+,37-,39-,43+,45-,46+/m0/s1. The highest BCUT2D eigenvalue weighted by Gasteiger charge is 2.43. The summed E-state index contributed by atoms with van der Waals surface area (Å²) in [5.74, 6) is -1.21. The van der Waals surface area contributed by atoms with Crippen LogP contribution in [-0.4, -0.2) is 96.1 Å². The molecular weight excluding hydrogens is 763 g/mol. The van der Waals surface area contributed by atoms with Gasteiger partial charge < -0.3 is 19.3 Å². The van der Waals surface area contributed by atoms with Gasteiger partial charge in [0.25, 0.3) is 0 Å². The monoisotopic (exact) mass is 838 g/mol. The largest absolute Gasteiger partial charge is 0.379 e. The number of ketones is 3. The summed E-state index contributed by atoms with van der Waals surface area (Å²) in [4.78, 5) is 77.3. The van der Waals surface area contributed by atoms with Crippen molar-refractivity contribution in [3.8, 4) is 0 Å². The lowest BCUT2D eigenvalue weighted by Gasteiger charge is -2.41. The van der Waals surface area contributed by atoms with Crippen molar-refractivity contribution in [2.45, 2.75) is 157 Å². The van der Waals surface area contributed by atoms with E-state index in [0.29, 0.717) is 31.5 Å². The Morgan fingerprint density at radius 1 is 0.881 bits per heavy atom. The maximum atomic E-state index is 14.4. The molecule has 1 aliphatic heterocycles. The number of carbonyl (C=O) groups is 5. The molecule has 0 radical (unpaired) electrons. The van der Waals surface area contributed by atoms with Gasteiger partial charge in [-0.1, -0.05) is 105 Å². The predicted octanol–water partition coefficient (Wildman–Crippen LogP) is 9.25. The number of hydrogen-bond acceptors (Lipinski definition) is 9. The van der Waals surface area contributed by atoms with Crippen LogP contribution in [0.4, 0.5) is 0 Å². The van der Waals surface area contributed by atoms with Crippen LogP contribution in [0.1, 0.15) is 147 Å². The molecule has 0 saturated carbocycles. The van der Waals surface area contributed by atoms with Gasteiger partial charge in [0.2, 0.25) is 11.8 Å². The number of benzene rings is 1. The minimum Gasteiger partial charge on any atom is -0.379 e.